The van der Waals surface area contributed by atoms with Crippen molar-refractivity contribution in [2.75, 3.05) is 46.2 Å². The van der Waals surface area contributed by atoms with Gasteiger partial charge < -0.3 is 28.8 Å². The molecule has 2 rings (SSSR count). The zero-order chi connectivity index (χ0) is 20.4. The molecule has 9 nitrogen and oxygen atoms in total. The Morgan fingerprint density at radius 1 is 1.21 bits per heavy atom. The van der Waals surface area contributed by atoms with Crippen molar-refractivity contribution in [2.45, 2.75) is 32.7 Å². The molecule has 0 saturated carbocycles. The third-order valence-electron chi connectivity index (χ3n) is 3.85. The van der Waals surface area contributed by atoms with Crippen LogP contribution in [-0.4, -0.2) is 73.7 Å². The number of pyridine rings is 1. The van der Waals surface area contributed by atoms with Gasteiger partial charge in [-0.25, -0.2) is 14.8 Å². The minimum Gasteiger partial charge on any atom is -0.503 e. The first-order chi connectivity index (χ1) is 13.5. The van der Waals surface area contributed by atoms with Crippen molar-refractivity contribution in [1.82, 2.24) is 4.98 Å². The van der Waals surface area contributed by atoms with Crippen molar-refractivity contribution in [3.63, 3.8) is 0 Å². The summed E-state index contributed by atoms with van der Waals surface area (Å²) in [6.45, 7) is 7.97. The summed E-state index contributed by atoms with van der Waals surface area (Å²) in [6, 6.07) is 1.53. The summed E-state index contributed by atoms with van der Waals surface area (Å²) in [5.41, 5.74) is -1.05. The van der Waals surface area contributed by atoms with Gasteiger partial charge in [-0.15, -0.1) is 0 Å². The molecule has 1 aromatic rings. The van der Waals surface area contributed by atoms with Crippen molar-refractivity contribution >= 4 is 11.9 Å². The van der Waals surface area contributed by atoms with Crippen molar-refractivity contribution < 1.29 is 33.6 Å². The second-order valence-corrected chi connectivity index (χ2v) is 6.28. The smallest absolute Gasteiger partial charge is 0.337 e. The number of carbonyl (C=O) groups excluding carboxylic acids is 1. The molecule has 2 heterocycles. The van der Waals surface area contributed by atoms with Crippen molar-refractivity contribution in [3.05, 3.63) is 18.0 Å². The molecule has 0 amide bonds. The largest absolute Gasteiger partial charge is 0.503 e. The molecule has 156 valence electrons. The summed E-state index contributed by atoms with van der Waals surface area (Å²) in [4.78, 5) is 20.4. The van der Waals surface area contributed by atoms with Crippen molar-refractivity contribution in [3.8, 4) is 11.5 Å². The van der Waals surface area contributed by atoms with Gasteiger partial charge in [0.1, 0.15) is 13.2 Å². The van der Waals surface area contributed by atoms with Crippen LogP contribution in [0.5, 0.6) is 11.5 Å². The highest BCUT2D eigenvalue weighted by Gasteiger charge is 2.42. The van der Waals surface area contributed by atoms with E-state index in [9.17, 15) is 9.90 Å². The molecule has 28 heavy (non-hydrogen) atoms. The van der Waals surface area contributed by atoms with E-state index in [-0.39, 0.29) is 42.9 Å². The second kappa shape index (κ2) is 10.8. The van der Waals surface area contributed by atoms with Gasteiger partial charge in [0.05, 0.1) is 26.4 Å². The van der Waals surface area contributed by atoms with Gasteiger partial charge in [-0.3, -0.25) is 0 Å². The highest BCUT2D eigenvalue weighted by molar-refractivity contribution is 5.99. The van der Waals surface area contributed by atoms with E-state index in [1.54, 1.807) is 13.8 Å². The second-order valence-electron chi connectivity index (χ2n) is 6.28. The van der Waals surface area contributed by atoms with Crippen LogP contribution < -0.4 is 4.74 Å². The highest BCUT2D eigenvalue weighted by atomic mass is 16.6. The Balaban J connectivity index is 1.91. The van der Waals surface area contributed by atoms with Crippen LogP contribution in [0.3, 0.4) is 0 Å². The van der Waals surface area contributed by atoms with Crippen molar-refractivity contribution in [1.29, 1.82) is 0 Å². The third kappa shape index (κ3) is 5.80. The first-order valence-electron chi connectivity index (χ1n) is 9.38. The summed E-state index contributed by atoms with van der Waals surface area (Å²) in [5, 5.41) is 10.4. The molecule has 1 aliphatic rings. The predicted molar refractivity (Wildman–Crippen MR) is 101 cm³/mol. The number of aliphatic imine (C=N–C) groups is 1. The minimum absolute atomic E-state index is 0.0152. The lowest BCUT2D eigenvalue weighted by molar-refractivity contribution is -0.149. The van der Waals surface area contributed by atoms with E-state index in [2.05, 4.69) is 9.98 Å². The van der Waals surface area contributed by atoms with Crippen LogP contribution in [0, 0.1) is 0 Å². The maximum atomic E-state index is 12.0. The summed E-state index contributed by atoms with van der Waals surface area (Å²) in [7, 11) is 0. The van der Waals surface area contributed by atoms with Crippen LogP contribution in [0.1, 0.15) is 32.9 Å². The van der Waals surface area contributed by atoms with E-state index in [0.717, 1.165) is 6.42 Å². The number of hydrogen-bond donors (Lipinski definition) is 1. The molecule has 0 radical (unpaired) electrons. The molecule has 0 aliphatic carbocycles. The van der Waals surface area contributed by atoms with Gasteiger partial charge in [0.15, 0.2) is 22.7 Å². The fourth-order valence-corrected chi connectivity index (χ4v) is 2.40. The van der Waals surface area contributed by atoms with Gasteiger partial charge >= 0.3 is 5.97 Å². The summed E-state index contributed by atoms with van der Waals surface area (Å²) in [5.74, 6) is -0.396. The summed E-state index contributed by atoms with van der Waals surface area (Å²) in [6.07, 6.45) is 2.44. The zero-order valence-corrected chi connectivity index (χ0v) is 16.6. The SMILES string of the molecule is CCCOCCOCCOc1ccnc(C2=N[C@@](C)(C(=O)OCC)CO2)c1O. The molecule has 0 aromatic carbocycles. The van der Waals surface area contributed by atoms with Gasteiger partial charge in [-0.1, -0.05) is 6.92 Å². The van der Waals surface area contributed by atoms with Crippen molar-refractivity contribution in [2.24, 2.45) is 4.99 Å². The molecule has 1 aromatic heterocycles. The Morgan fingerprint density at radius 3 is 2.64 bits per heavy atom. The molecular formula is C19H28N2O7. The number of carbonyl (C=O) groups is 1. The molecule has 0 unspecified atom stereocenters. The fourth-order valence-electron chi connectivity index (χ4n) is 2.40. The van der Waals surface area contributed by atoms with E-state index in [1.807, 2.05) is 6.92 Å². The fraction of sp³-hybridized carbons (Fsp3) is 0.632. The number of rotatable bonds is 12. The van der Waals surface area contributed by atoms with E-state index in [0.29, 0.717) is 26.4 Å². The minimum atomic E-state index is -1.16. The molecule has 0 bridgehead atoms. The average molecular weight is 396 g/mol. The molecule has 1 N–H and O–H groups in total. The normalized spacial score (nSPS) is 18.5. The Labute approximate surface area is 164 Å². The van der Waals surface area contributed by atoms with Crippen LogP contribution >= 0.6 is 0 Å². The Morgan fingerprint density at radius 2 is 1.93 bits per heavy atom. The topological polar surface area (TPSA) is 109 Å². The maximum absolute atomic E-state index is 12.0. The Hall–Kier alpha value is -2.39. The van der Waals surface area contributed by atoms with Gasteiger partial charge in [-0.2, -0.15) is 0 Å². The predicted octanol–water partition coefficient (Wildman–Crippen LogP) is 1.71. The number of aromatic hydroxyl groups is 1. The van der Waals surface area contributed by atoms with Crippen LogP contribution in [0.4, 0.5) is 0 Å². The summed E-state index contributed by atoms with van der Waals surface area (Å²) < 4.78 is 26.8. The number of nitrogens with zero attached hydrogens (tertiary/aromatic N) is 2. The molecule has 1 aliphatic heterocycles. The van der Waals surface area contributed by atoms with Crippen LogP contribution in [0.15, 0.2) is 17.3 Å². The quantitative estimate of drug-likeness (QED) is 0.420. The number of hydrogen-bond acceptors (Lipinski definition) is 9. The van der Waals surface area contributed by atoms with Crippen LogP contribution in [0.25, 0.3) is 0 Å². The monoisotopic (exact) mass is 396 g/mol. The number of aromatic nitrogens is 1. The first-order valence-corrected chi connectivity index (χ1v) is 9.38. The zero-order valence-electron chi connectivity index (χ0n) is 16.6. The molecule has 0 spiro atoms. The molecule has 1 atom stereocenters. The van der Waals surface area contributed by atoms with Gasteiger partial charge in [0, 0.05) is 18.9 Å². The van der Waals surface area contributed by atoms with Crippen LogP contribution in [-0.2, 0) is 23.7 Å². The highest BCUT2D eigenvalue weighted by Crippen LogP contribution is 2.32. The first kappa shape index (κ1) is 21.9. The average Bonchev–Trinajstić information content (AvgIpc) is 3.08. The lowest BCUT2D eigenvalue weighted by Gasteiger charge is -2.15. The van der Waals surface area contributed by atoms with Gasteiger partial charge in [0.25, 0.3) is 0 Å². The molecular weight excluding hydrogens is 368 g/mol. The van der Waals surface area contributed by atoms with E-state index in [4.69, 9.17) is 23.7 Å². The molecule has 0 fully saturated rings. The lowest BCUT2D eigenvalue weighted by Crippen LogP contribution is -2.36. The van der Waals surface area contributed by atoms with E-state index < -0.39 is 11.5 Å². The van der Waals surface area contributed by atoms with E-state index in [1.165, 1.54) is 12.3 Å². The van der Waals surface area contributed by atoms with Gasteiger partial charge in [-0.05, 0) is 20.3 Å². The number of esters is 1. The number of ether oxygens (including phenoxy) is 5. The summed E-state index contributed by atoms with van der Waals surface area (Å²) >= 11 is 0. The van der Waals surface area contributed by atoms with Crippen LogP contribution in [0.2, 0.25) is 0 Å². The Bertz CT molecular complexity index is 680. The molecule has 9 heteroatoms. The lowest BCUT2D eigenvalue weighted by atomic mass is 10.1. The molecule has 0 saturated heterocycles. The van der Waals surface area contributed by atoms with Gasteiger partial charge in [0.2, 0.25) is 5.90 Å². The van der Waals surface area contributed by atoms with E-state index >= 15 is 0 Å². The maximum Gasteiger partial charge on any atom is 0.337 e. The third-order valence-corrected chi connectivity index (χ3v) is 3.85. The Kier molecular flexibility index (Phi) is 8.46. The standard InChI is InChI=1S/C19H28N2O7/c1-4-8-24-9-10-25-11-12-27-14-6-7-20-15(16(14)22)17-21-19(3,13-28-17)18(23)26-5-2/h6-7,22H,4-5,8-13H2,1-3H3/t19-/m1/s1.